The molecular formula is C18H12F3N5O. The Morgan fingerprint density at radius 1 is 1.19 bits per heavy atom. The van der Waals surface area contributed by atoms with Crippen molar-refractivity contribution in [3.05, 3.63) is 71.8 Å². The van der Waals surface area contributed by atoms with E-state index in [4.69, 9.17) is 0 Å². The molecular weight excluding hydrogens is 359 g/mol. The number of amides is 1. The molecule has 0 unspecified atom stereocenters. The molecule has 6 nitrogen and oxygen atoms in total. The second kappa shape index (κ2) is 6.60. The Labute approximate surface area is 150 Å². The van der Waals surface area contributed by atoms with Gasteiger partial charge in [-0.05, 0) is 36.4 Å². The normalized spacial score (nSPS) is 11.3. The highest BCUT2D eigenvalue weighted by Crippen LogP contribution is 2.32. The summed E-state index contributed by atoms with van der Waals surface area (Å²) in [5.74, 6) is -1.10. The average molecular weight is 371 g/mol. The molecule has 27 heavy (non-hydrogen) atoms. The lowest BCUT2D eigenvalue weighted by molar-refractivity contribution is 0.101. The number of hydrogen-bond acceptors (Lipinski definition) is 3. The van der Waals surface area contributed by atoms with Crippen LogP contribution in [0.5, 0.6) is 0 Å². The number of carbonyl (C=O) groups excluding carboxylic acids is 1. The lowest BCUT2D eigenvalue weighted by Crippen LogP contribution is -2.23. The van der Waals surface area contributed by atoms with Gasteiger partial charge in [0.2, 0.25) is 0 Å². The summed E-state index contributed by atoms with van der Waals surface area (Å²) in [5, 5.41) is 3.89. The van der Waals surface area contributed by atoms with Gasteiger partial charge in [-0.25, -0.2) is 23.6 Å². The van der Waals surface area contributed by atoms with Gasteiger partial charge in [0.15, 0.2) is 0 Å². The molecule has 0 bridgehead atoms. The Hall–Kier alpha value is -3.62. The molecule has 136 valence electrons. The number of aromatic nitrogens is 4. The van der Waals surface area contributed by atoms with Crippen LogP contribution in [-0.4, -0.2) is 25.8 Å². The second-order valence-corrected chi connectivity index (χ2v) is 5.71. The van der Waals surface area contributed by atoms with Crippen LogP contribution in [0, 0.1) is 5.82 Å². The summed E-state index contributed by atoms with van der Waals surface area (Å²) in [6.07, 6.45) is 0.196. The van der Waals surface area contributed by atoms with Crippen LogP contribution < -0.4 is 5.43 Å². The number of nitrogens with one attached hydrogen (secondary N) is 2. The van der Waals surface area contributed by atoms with E-state index in [0.717, 1.165) is 12.1 Å². The summed E-state index contributed by atoms with van der Waals surface area (Å²) >= 11 is 0. The van der Waals surface area contributed by atoms with Crippen molar-refractivity contribution in [3.63, 3.8) is 0 Å². The van der Waals surface area contributed by atoms with E-state index in [9.17, 15) is 18.0 Å². The molecule has 0 saturated carbocycles. The number of imidazole rings is 1. The Bertz CT molecular complexity index is 1120. The molecule has 0 atom stereocenters. The molecule has 0 spiro atoms. The van der Waals surface area contributed by atoms with Crippen LogP contribution in [-0.2, 0) is 0 Å². The molecule has 0 aliphatic rings. The standard InChI is InChI=1S/C18H12F3N5O/c19-10-5-6-11(13(9-10)16(20)21)17-23-14-4-1-3-12(15(14)24-17)18(27)25-26-8-2-7-22-26/h1-9,16H,(H,23,24)(H,25,27). The van der Waals surface area contributed by atoms with E-state index in [1.807, 2.05) is 0 Å². The van der Waals surface area contributed by atoms with E-state index in [1.165, 1.54) is 17.1 Å². The number of benzene rings is 2. The second-order valence-electron chi connectivity index (χ2n) is 5.71. The van der Waals surface area contributed by atoms with E-state index < -0.39 is 23.7 Å². The predicted octanol–water partition coefficient (Wildman–Crippen LogP) is 3.89. The largest absolute Gasteiger partial charge is 0.338 e. The maximum absolute atomic E-state index is 13.4. The van der Waals surface area contributed by atoms with E-state index in [1.54, 1.807) is 30.5 Å². The number of para-hydroxylation sites is 1. The Morgan fingerprint density at radius 2 is 2.04 bits per heavy atom. The van der Waals surface area contributed by atoms with Gasteiger partial charge >= 0.3 is 0 Å². The molecule has 0 aliphatic heterocycles. The van der Waals surface area contributed by atoms with Crippen molar-refractivity contribution < 1.29 is 18.0 Å². The van der Waals surface area contributed by atoms with E-state index >= 15 is 0 Å². The molecule has 9 heteroatoms. The molecule has 2 heterocycles. The molecule has 0 aliphatic carbocycles. The number of aromatic amines is 1. The lowest BCUT2D eigenvalue weighted by Gasteiger charge is -2.06. The maximum atomic E-state index is 13.4. The molecule has 2 N–H and O–H groups in total. The first-order valence-electron chi connectivity index (χ1n) is 7.90. The van der Waals surface area contributed by atoms with E-state index in [-0.39, 0.29) is 17.0 Å². The topological polar surface area (TPSA) is 75.6 Å². The third-order valence-electron chi connectivity index (χ3n) is 3.98. The lowest BCUT2D eigenvalue weighted by atomic mass is 10.1. The van der Waals surface area contributed by atoms with Gasteiger partial charge in [0, 0.05) is 17.3 Å². The van der Waals surface area contributed by atoms with E-state index in [2.05, 4.69) is 20.5 Å². The van der Waals surface area contributed by atoms with Crippen molar-refractivity contribution in [1.29, 1.82) is 0 Å². The molecule has 4 aromatic rings. The van der Waals surface area contributed by atoms with Crippen LogP contribution >= 0.6 is 0 Å². The summed E-state index contributed by atoms with van der Waals surface area (Å²) in [5.41, 5.74) is 3.19. The van der Waals surface area contributed by atoms with Gasteiger partial charge in [-0.1, -0.05) is 6.07 Å². The minimum Gasteiger partial charge on any atom is -0.338 e. The molecule has 0 saturated heterocycles. The fourth-order valence-corrected chi connectivity index (χ4v) is 2.77. The number of carbonyl (C=O) groups is 1. The summed E-state index contributed by atoms with van der Waals surface area (Å²) in [7, 11) is 0. The first-order valence-corrected chi connectivity index (χ1v) is 7.90. The summed E-state index contributed by atoms with van der Waals surface area (Å²) in [4.78, 5) is 21.0. The third kappa shape index (κ3) is 3.14. The van der Waals surface area contributed by atoms with Crippen LogP contribution in [0.15, 0.2) is 54.9 Å². The highest BCUT2D eigenvalue weighted by atomic mass is 19.3. The van der Waals surface area contributed by atoms with Crippen LogP contribution in [0.1, 0.15) is 22.3 Å². The van der Waals surface area contributed by atoms with Crippen LogP contribution in [0.25, 0.3) is 22.4 Å². The van der Waals surface area contributed by atoms with E-state index in [0.29, 0.717) is 11.0 Å². The minimum absolute atomic E-state index is 0.0704. The van der Waals surface area contributed by atoms with Crippen molar-refractivity contribution in [2.75, 3.05) is 5.43 Å². The number of hydrogen-bond donors (Lipinski definition) is 2. The van der Waals surface area contributed by atoms with Crippen molar-refractivity contribution >= 4 is 16.9 Å². The number of halogens is 3. The van der Waals surface area contributed by atoms with Gasteiger partial charge < -0.3 is 4.98 Å². The SMILES string of the molecule is O=C(Nn1cccn1)c1cccc2[nH]c(-c3ccc(F)cc3C(F)F)nc12. The Kier molecular flexibility index (Phi) is 4.11. The fraction of sp³-hybridized carbons (Fsp3) is 0.0556. The Morgan fingerprint density at radius 3 is 2.78 bits per heavy atom. The monoisotopic (exact) mass is 371 g/mol. The zero-order chi connectivity index (χ0) is 19.0. The highest BCUT2D eigenvalue weighted by Gasteiger charge is 2.20. The molecule has 2 aromatic carbocycles. The quantitative estimate of drug-likeness (QED) is 0.572. The molecule has 0 fully saturated rings. The predicted molar refractivity (Wildman–Crippen MR) is 92.4 cm³/mol. The fourth-order valence-electron chi connectivity index (χ4n) is 2.77. The third-order valence-corrected chi connectivity index (χ3v) is 3.98. The molecule has 4 rings (SSSR count). The van der Waals surface area contributed by atoms with Gasteiger partial charge in [0.25, 0.3) is 12.3 Å². The molecule has 0 radical (unpaired) electrons. The first kappa shape index (κ1) is 16.8. The van der Waals surface area contributed by atoms with Crippen LogP contribution in [0.2, 0.25) is 0 Å². The van der Waals surface area contributed by atoms with Gasteiger partial charge in [0.1, 0.15) is 17.2 Å². The van der Waals surface area contributed by atoms with Crippen molar-refractivity contribution in [1.82, 2.24) is 19.9 Å². The zero-order valence-corrected chi connectivity index (χ0v) is 13.7. The van der Waals surface area contributed by atoms with Gasteiger partial charge in [-0.15, -0.1) is 0 Å². The summed E-state index contributed by atoms with van der Waals surface area (Å²) in [6.45, 7) is 0. The van der Waals surface area contributed by atoms with Crippen molar-refractivity contribution in [2.45, 2.75) is 6.43 Å². The molecule has 1 amide bonds. The number of fused-ring (bicyclic) bond motifs is 1. The maximum Gasteiger partial charge on any atom is 0.273 e. The summed E-state index contributed by atoms with van der Waals surface area (Å²) in [6, 6.07) is 9.61. The van der Waals surface area contributed by atoms with Gasteiger partial charge in [0.05, 0.1) is 17.3 Å². The Balaban J connectivity index is 1.79. The number of nitrogens with zero attached hydrogens (tertiary/aromatic N) is 3. The highest BCUT2D eigenvalue weighted by molar-refractivity contribution is 6.09. The first-order chi connectivity index (χ1) is 13.0. The summed E-state index contributed by atoms with van der Waals surface area (Å²) < 4.78 is 39.9. The number of rotatable bonds is 4. The van der Waals surface area contributed by atoms with Crippen molar-refractivity contribution in [2.24, 2.45) is 0 Å². The molecule has 2 aromatic heterocycles. The van der Waals surface area contributed by atoms with Crippen LogP contribution in [0.3, 0.4) is 0 Å². The minimum atomic E-state index is -2.87. The number of alkyl halides is 2. The zero-order valence-electron chi connectivity index (χ0n) is 13.7. The van der Waals surface area contributed by atoms with Crippen molar-refractivity contribution in [3.8, 4) is 11.4 Å². The van der Waals surface area contributed by atoms with Crippen LogP contribution in [0.4, 0.5) is 13.2 Å². The number of H-pyrrole nitrogens is 1. The van der Waals surface area contributed by atoms with Gasteiger partial charge in [-0.3, -0.25) is 4.79 Å². The smallest absolute Gasteiger partial charge is 0.273 e. The average Bonchev–Trinajstić information content (AvgIpc) is 3.30. The van der Waals surface area contributed by atoms with Gasteiger partial charge in [-0.2, -0.15) is 9.89 Å².